The molecule has 1 aliphatic heterocycles. The van der Waals surface area contributed by atoms with Crippen molar-refractivity contribution in [2.45, 2.75) is 45.8 Å². The SMILES string of the molecule is CC(C)=CCn1c(N2CCCC(N)C2)nc2c1c(=O)n(Cc1ccc(-c3ccccc3)cc1)c(=O)n2C. The molecule has 1 fully saturated rings. The largest absolute Gasteiger partial charge is 0.341 e. The Morgan fingerprint density at radius 1 is 1.03 bits per heavy atom. The maximum absolute atomic E-state index is 13.8. The average molecular weight is 499 g/mol. The monoisotopic (exact) mass is 498 g/mol. The molecule has 5 rings (SSSR count). The molecule has 2 N–H and O–H groups in total. The minimum atomic E-state index is -0.376. The summed E-state index contributed by atoms with van der Waals surface area (Å²) in [5, 5.41) is 0. The number of aryl methyl sites for hydroxylation is 1. The topological polar surface area (TPSA) is 91.1 Å². The van der Waals surface area contributed by atoms with Crippen molar-refractivity contribution in [3.63, 3.8) is 0 Å². The summed E-state index contributed by atoms with van der Waals surface area (Å²) >= 11 is 0. The first-order valence-corrected chi connectivity index (χ1v) is 12.8. The second kappa shape index (κ2) is 10.2. The number of rotatable bonds is 6. The van der Waals surface area contributed by atoms with E-state index in [2.05, 4.69) is 23.1 Å². The first-order valence-electron chi connectivity index (χ1n) is 12.8. The smallest absolute Gasteiger partial charge is 0.332 e. The fourth-order valence-corrected chi connectivity index (χ4v) is 5.00. The highest BCUT2D eigenvalue weighted by Crippen LogP contribution is 2.24. The molecule has 3 heterocycles. The van der Waals surface area contributed by atoms with E-state index in [0.29, 0.717) is 30.2 Å². The molecule has 0 saturated carbocycles. The minimum absolute atomic E-state index is 0.0600. The van der Waals surface area contributed by atoms with Crippen LogP contribution in [0.5, 0.6) is 0 Å². The highest BCUT2D eigenvalue weighted by molar-refractivity contribution is 5.75. The van der Waals surface area contributed by atoms with Crippen LogP contribution in [-0.4, -0.2) is 37.8 Å². The predicted octanol–water partition coefficient (Wildman–Crippen LogP) is 3.51. The fraction of sp³-hybridized carbons (Fsp3) is 0.345. The molecule has 2 aromatic carbocycles. The van der Waals surface area contributed by atoms with Crippen molar-refractivity contribution in [2.75, 3.05) is 18.0 Å². The molecule has 8 heteroatoms. The second-order valence-corrected chi connectivity index (χ2v) is 10.1. The molecular formula is C29H34N6O2. The number of benzene rings is 2. The van der Waals surface area contributed by atoms with Crippen molar-refractivity contribution >= 4 is 17.1 Å². The van der Waals surface area contributed by atoms with Gasteiger partial charge in [0.05, 0.1) is 6.54 Å². The molecule has 1 unspecified atom stereocenters. The molecule has 192 valence electrons. The molecule has 37 heavy (non-hydrogen) atoms. The lowest BCUT2D eigenvalue weighted by Gasteiger charge is -2.31. The van der Waals surface area contributed by atoms with E-state index >= 15 is 0 Å². The van der Waals surface area contributed by atoms with E-state index in [1.165, 1.54) is 9.13 Å². The van der Waals surface area contributed by atoms with Crippen LogP contribution < -0.4 is 21.9 Å². The van der Waals surface area contributed by atoms with Gasteiger partial charge < -0.3 is 15.2 Å². The summed E-state index contributed by atoms with van der Waals surface area (Å²) in [5.74, 6) is 0.694. The summed E-state index contributed by atoms with van der Waals surface area (Å²) < 4.78 is 4.74. The van der Waals surface area contributed by atoms with Crippen molar-refractivity contribution in [3.05, 3.63) is 92.6 Å². The first-order chi connectivity index (χ1) is 17.8. The van der Waals surface area contributed by atoms with Crippen LogP contribution in [0.1, 0.15) is 32.3 Å². The number of aromatic nitrogens is 4. The Morgan fingerprint density at radius 3 is 2.41 bits per heavy atom. The molecular weight excluding hydrogens is 464 g/mol. The van der Waals surface area contributed by atoms with Gasteiger partial charge in [0, 0.05) is 32.7 Å². The lowest BCUT2D eigenvalue weighted by molar-refractivity contribution is 0.495. The Kier molecular flexibility index (Phi) is 6.84. The van der Waals surface area contributed by atoms with Crippen LogP contribution in [0.25, 0.3) is 22.3 Å². The summed E-state index contributed by atoms with van der Waals surface area (Å²) in [6, 6.07) is 18.2. The van der Waals surface area contributed by atoms with Gasteiger partial charge in [-0.1, -0.05) is 66.2 Å². The maximum atomic E-state index is 13.8. The number of anilines is 1. The number of fused-ring (bicyclic) bond motifs is 1. The van der Waals surface area contributed by atoms with E-state index < -0.39 is 0 Å². The lowest BCUT2D eigenvalue weighted by Crippen LogP contribution is -2.44. The fourth-order valence-electron chi connectivity index (χ4n) is 5.00. The Morgan fingerprint density at radius 2 is 1.73 bits per heavy atom. The average Bonchev–Trinajstić information content (AvgIpc) is 3.29. The molecule has 0 bridgehead atoms. The quantitative estimate of drug-likeness (QED) is 0.411. The van der Waals surface area contributed by atoms with Gasteiger partial charge in [-0.25, -0.2) is 4.79 Å². The van der Waals surface area contributed by atoms with E-state index in [4.69, 9.17) is 10.7 Å². The van der Waals surface area contributed by atoms with Crippen molar-refractivity contribution in [1.29, 1.82) is 0 Å². The summed E-state index contributed by atoms with van der Waals surface area (Å²) in [6.07, 6.45) is 4.01. The second-order valence-electron chi connectivity index (χ2n) is 10.1. The zero-order valence-corrected chi connectivity index (χ0v) is 21.7. The maximum Gasteiger partial charge on any atom is 0.332 e. The van der Waals surface area contributed by atoms with Crippen molar-refractivity contribution in [1.82, 2.24) is 18.7 Å². The van der Waals surface area contributed by atoms with Crippen LogP contribution in [0.2, 0.25) is 0 Å². The van der Waals surface area contributed by atoms with Gasteiger partial charge in [-0.15, -0.1) is 0 Å². The Hall–Kier alpha value is -3.91. The van der Waals surface area contributed by atoms with E-state index in [1.54, 1.807) is 7.05 Å². The lowest BCUT2D eigenvalue weighted by atomic mass is 10.0. The normalized spacial score (nSPS) is 15.8. The molecule has 0 aliphatic carbocycles. The third kappa shape index (κ3) is 4.89. The minimum Gasteiger partial charge on any atom is -0.341 e. The highest BCUT2D eigenvalue weighted by Gasteiger charge is 2.26. The van der Waals surface area contributed by atoms with Gasteiger partial charge in [-0.2, -0.15) is 4.98 Å². The number of nitrogens with zero attached hydrogens (tertiary/aromatic N) is 5. The number of hydrogen-bond donors (Lipinski definition) is 1. The Labute approximate surface area is 216 Å². The zero-order valence-electron chi connectivity index (χ0n) is 21.7. The van der Waals surface area contributed by atoms with Gasteiger partial charge in [-0.3, -0.25) is 13.9 Å². The van der Waals surface area contributed by atoms with Crippen LogP contribution in [0, 0.1) is 0 Å². The van der Waals surface area contributed by atoms with E-state index in [0.717, 1.165) is 41.6 Å². The van der Waals surface area contributed by atoms with Crippen LogP contribution >= 0.6 is 0 Å². The van der Waals surface area contributed by atoms with Crippen molar-refractivity contribution in [3.8, 4) is 11.1 Å². The molecule has 1 atom stereocenters. The molecule has 0 amide bonds. The van der Waals surface area contributed by atoms with Crippen LogP contribution in [-0.2, 0) is 20.1 Å². The Balaban J connectivity index is 1.59. The predicted molar refractivity (Wildman–Crippen MR) is 149 cm³/mol. The van der Waals surface area contributed by atoms with Crippen LogP contribution in [0.3, 0.4) is 0 Å². The van der Waals surface area contributed by atoms with Gasteiger partial charge in [0.1, 0.15) is 0 Å². The summed E-state index contributed by atoms with van der Waals surface area (Å²) in [7, 11) is 1.68. The van der Waals surface area contributed by atoms with Gasteiger partial charge in [0.15, 0.2) is 11.2 Å². The molecule has 1 saturated heterocycles. The third-order valence-electron chi connectivity index (χ3n) is 7.04. The number of allylic oxidation sites excluding steroid dienone is 2. The highest BCUT2D eigenvalue weighted by atomic mass is 16.2. The van der Waals surface area contributed by atoms with Gasteiger partial charge in [-0.05, 0) is 43.4 Å². The van der Waals surface area contributed by atoms with Gasteiger partial charge in [0.2, 0.25) is 5.95 Å². The third-order valence-corrected chi connectivity index (χ3v) is 7.04. The molecule has 0 spiro atoms. The molecule has 8 nitrogen and oxygen atoms in total. The number of hydrogen-bond acceptors (Lipinski definition) is 5. The summed E-state index contributed by atoms with van der Waals surface area (Å²) in [4.78, 5) is 34.1. The molecule has 0 radical (unpaired) electrons. The number of nitrogens with two attached hydrogens (primary N) is 1. The molecule has 1 aliphatic rings. The van der Waals surface area contributed by atoms with E-state index in [1.807, 2.05) is 60.9 Å². The standard InChI is InChI=1S/C29H34N6O2/c1-20(2)15-17-34-25-26(31-28(34)33-16-7-10-24(30)19-33)32(3)29(37)35(27(25)36)18-21-11-13-23(14-12-21)22-8-5-4-6-9-22/h4-6,8-9,11-15,24H,7,10,16-19,30H2,1-3H3. The number of imidazole rings is 1. The summed E-state index contributed by atoms with van der Waals surface area (Å²) in [5.41, 5.74) is 10.6. The first kappa shape index (κ1) is 24.8. The van der Waals surface area contributed by atoms with Crippen LogP contribution in [0.15, 0.2) is 75.8 Å². The summed E-state index contributed by atoms with van der Waals surface area (Å²) in [6.45, 7) is 6.24. The van der Waals surface area contributed by atoms with Gasteiger partial charge in [0.25, 0.3) is 5.56 Å². The van der Waals surface area contributed by atoms with Crippen molar-refractivity contribution in [2.24, 2.45) is 12.8 Å². The van der Waals surface area contributed by atoms with E-state index in [9.17, 15) is 9.59 Å². The van der Waals surface area contributed by atoms with Gasteiger partial charge >= 0.3 is 5.69 Å². The number of piperidine rings is 1. The van der Waals surface area contributed by atoms with Crippen LogP contribution in [0.4, 0.5) is 5.95 Å². The Bertz CT molecular complexity index is 1560. The molecule has 2 aromatic heterocycles. The van der Waals surface area contributed by atoms with E-state index in [-0.39, 0.29) is 23.8 Å². The molecule has 4 aromatic rings. The zero-order chi connectivity index (χ0) is 26.1. The van der Waals surface area contributed by atoms with Crippen molar-refractivity contribution < 1.29 is 0 Å².